The molecule has 0 rings (SSSR count). The maximum atomic E-state index is 9.89. The quantitative estimate of drug-likeness (QED) is 0.291. The fourth-order valence-corrected chi connectivity index (χ4v) is 3.20. The Morgan fingerprint density at radius 3 is 1.61 bits per heavy atom. The highest BCUT2D eigenvalue weighted by Crippen LogP contribution is 2.31. The van der Waals surface area contributed by atoms with E-state index in [9.17, 15) is 5.11 Å². The van der Waals surface area contributed by atoms with Crippen molar-refractivity contribution in [3.63, 3.8) is 0 Å². The van der Waals surface area contributed by atoms with Crippen LogP contribution in [0.3, 0.4) is 0 Å². The molecule has 0 aliphatic carbocycles. The largest absolute Gasteiger partial charge is 0.396 e. The minimum absolute atomic E-state index is 0.0200. The Balaban J connectivity index is 3.76. The second-order valence-corrected chi connectivity index (χ2v) is 7.39. The van der Waals surface area contributed by atoms with Gasteiger partial charge >= 0.3 is 0 Å². The molecule has 0 unspecified atom stereocenters. The van der Waals surface area contributed by atoms with E-state index in [1.165, 1.54) is 77.0 Å². The van der Waals surface area contributed by atoms with Gasteiger partial charge in [-0.25, -0.2) is 0 Å². The minimum atomic E-state index is 0.0200. The van der Waals surface area contributed by atoms with Crippen LogP contribution in [0.25, 0.3) is 0 Å². The van der Waals surface area contributed by atoms with Gasteiger partial charge in [-0.2, -0.15) is 0 Å². The predicted molar refractivity (Wildman–Crippen MR) is 102 cm³/mol. The number of ether oxygens (including phenoxy) is 1. The van der Waals surface area contributed by atoms with Crippen molar-refractivity contribution in [2.75, 3.05) is 19.8 Å². The molecule has 0 aromatic heterocycles. The Hall–Kier alpha value is -0.0800. The zero-order chi connectivity index (χ0) is 17.2. The average molecular weight is 329 g/mol. The monoisotopic (exact) mass is 328 g/mol. The summed E-state index contributed by atoms with van der Waals surface area (Å²) in [5.74, 6) is 0. The molecular formula is C21H44O2. The van der Waals surface area contributed by atoms with Crippen molar-refractivity contribution in [3.05, 3.63) is 0 Å². The van der Waals surface area contributed by atoms with Gasteiger partial charge in [0.15, 0.2) is 0 Å². The molecule has 2 nitrogen and oxygen atoms in total. The van der Waals surface area contributed by atoms with Gasteiger partial charge in [0, 0.05) is 12.0 Å². The van der Waals surface area contributed by atoms with Crippen molar-refractivity contribution < 1.29 is 9.84 Å². The molecule has 0 aromatic carbocycles. The standard InChI is InChI=1S/C21H44O2/c1-4-7-10-11-12-13-14-15-18-23-20-21(19-22,16-8-5-2)17-9-6-3/h22H,4-20H2,1-3H3. The third kappa shape index (κ3) is 12.9. The topological polar surface area (TPSA) is 29.5 Å². The summed E-state index contributed by atoms with van der Waals surface area (Å²) in [6.45, 7) is 8.62. The van der Waals surface area contributed by atoms with Crippen LogP contribution < -0.4 is 0 Å². The molecule has 0 radical (unpaired) electrons. The second kappa shape index (κ2) is 16.8. The Morgan fingerprint density at radius 1 is 0.652 bits per heavy atom. The molecule has 0 saturated carbocycles. The number of rotatable bonds is 18. The molecule has 0 heterocycles. The van der Waals surface area contributed by atoms with Crippen LogP contribution in [0.15, 0.2) is 0 Å². The van der Waals surface area contributed by atoms with E-state index in [1.807, 2.05) is 0 Å². The van der Waals surface area contributed by atoms with Crippen LogP contribution in [-0.2, 0) is 4.74 Å². The molecule has 0 aliphatic rings. The predicted octanol–water partition coefficient (Wildman–Crippen LogP) is 6.50. The van der Waals surface area contributed by atoms with Crippen LogP contribution in [0, 0.1) is 5.41 Å². The van der Waals surface area contributed by atoms with Gasteiger partial charge in [-0.3, -0.25) is 0 Å². The summed E-state index contributed by atoms with van der Waals surface area (Å²) in [6.07, 6.45) is 17.7. The average Bonchev–Trinajstić information content (AvgIpc) is 2.58. The maximum Gasteiger partial charge on any atom is 0.0544 e. The van der Waals surface area contributed by atoms with Gasteiger partial charge in [0.05, 0.1) is 13.2 Å². The smallest absolute Gasteiger partial charge is 0.0544 e. The lowest BCUT2D eigenvalue weighted by Crippen LogP contribution is -2.31. The molecule has 0 saturated heterocycles. The van der Waals surface area contributed by atoms with Gasteiger partial charge in [0.25, 0.3) is 0 Å². The van der Waals surface area contributed by atoms with Crippen LogP contribution >= 0.6 is 0 Å². The molecule has 2 heteroatoms. The van der Waals surface area contributed by atoms with E-state index in [-0.39, 0.29) is 12.0 Å². The van der Waals surface area contributed by atoms with Gasteiger partial charge in [-0.1, -0.05) is 91.4 Å². The SMILES string of the molecule is CCCCCCCCCCOCC(CO)(CCCC)CCCC. The van der Waals surface area contributed by atoms with Crippen molar-refractivity contribution in [1.29, 1.82) is 0 Å². The van der Waals surface area contributed by atoms with E-state index in [2.05, 4.69) is 20.8 Å². The Kier molecular flexibility index (Phi) is 16.7. The van der Waals surface area contributed by atoms with Crippen molar-refractivity contribution in [2.24, 2.45) is 5.41 Å². The highest BCUT2D eigenvalue weighted by Gasteiger charge is 2.28. The van der Waals surface area contributed by atoms with Crippen LogP contribution in [0.5, 0.6) is 0 Å². The van der Waals surface area contributed by atoms with Crippen molar-refractivity contribution >= 4 is 0 Å². The van der Waals surface area contributed by atoms with Crippen LogP contribution in [-0.4, -0.2) is 24.9 Å². The molecule has 0 amide bonds. The summed E-state index contributed by atoms with van der Waals surface area (Å²) < 4.78 is 5.97. The molecule has 0 aliphatic heterocycles. The Labute approximate surface area is 146 Å². The molecule has 0 atom stereocenters. The fraction of sp³-hybridized carbons (Fsp3) is 1.00. The summed E-state index contributed by atoms with van der Waals surface area (Å²) in [6, 6.07) is 0. The number of aliphatic hydroxyl groups is 1. The first-order chi connectivity index (χ1) is 11.2. The first-order valence-electron chi connectivity index (χ1n) is 10.4. The van der Waals surface area contributed by atoms with Crippen molar-refractivity contribution in [3.8, 4) is 0 Å². The third-order valence-electron chi connectivity index (χ3n) is 5.01. The summed E-state index contributed by atoms with van der Waals surface area (Å²) >= 11 is 0. The van der Waals surface area contributed by atoms with Gasteiger partial charge in [0.1, 0.15) is 0 Å². The molecule has 0 bridgehead atoms. The Bertz CT molecular complexity index is 220. The van der Waals surface area contributed by atoms with E-state index in [1.54, 1.807) is 0 Å². The van der Waals surface area contributed by atoms with Crippen molar-refractivity contribution in [2.45, 2.75) is 111 Å². The highest BCUT2D eigenvalue weighted by atomic mass is 16.5. The lowest BCUT2D eigenvalue weighted by molar-refractivity contribution is -0.00817. The minimum Gasteiger partial charge on any atom is -0.396 e. The number of unbranched alkanes of at least 4 members (excludes halogenated alkanes) is 9. The van der Waals surface area contributed by atoms with Crippen LogP contribution in [0.2, 0.25) is 0 Å². The second-order valence-electron chi connectivity index (χ2n) is 7.39. The summed E-state index contributed by atoms with van der Waals surface area (Å²) in [4.78, 5) is 0. The molecule has 1 N–H and O–H groups in total. The molecule has 0 fully saturated rings. The molecule has 140 valence electrons. The Morgan fingerprint density at radius 2 is 1.13 bits per heavy atom. The van der Waals surface area contributed by atoms with E-state index in [4.69, 9.17) is 4.74 Å². The van der Waals surface area contributed by atoms with Gasteiger partial charge < -0.3 is 9.84 Å². The fourth-order valence-electron chi connectivity index (χ4n) is 3.20. The van der Waals surface area contributed by atoms with E-state index >= 15 is 0 Å². The molecule has 0 spiro atoms. The molecule has 23 heavy (non-hydrogen) atoms. The summed E-state index contributed by atoms with van der Waals surface area (Å²) in [7, 11) is 0. The third-order valence-corrected chi connectivity index (χ3v) is 5.01. The first-order valence-corrected chi connectivity index (χ1v) is 10.4. The highest BCUT2D eigenvalue weighted by molar-refractivity contribution is 4.78. The number of hydrogen-bond donors (Lipinski definition) is 1. The van der Waals surface area contributed by atoms with E-state index in [0.29, 0.717) is 0 Å². The van der Waals surface area contributed by atoms with Crippen molar-refractivity contribution in [1.82, 2.24) is 0 Å². The lowest BCUT2D eigenvalue weighted by Gasteiger charge is -2.32. The van der Waals surface area contributed by atoms with E-state index < -0.39 is 0 Å². The lowest BCUT2D eigenvalue weighted by atomic mass is 9.79. The molecule has 0 aromatic rings. The zero-order valence-electron chi connectivity index (χ0n) is 16.4. The first kappa shape index (κ1) is 22.9. The number of aliphatic hydroxyl groups excluding tert-OH is 1. The normalized spacial score (nSPS) is 12.0. The van der Waals surface area contributed by atoms with Gasteiger partial charge in [0.2, 0.25) is 0 Å². The maximum absolute atomic E-state index is 9.89. The van der Waals surface area contributed by atoms with Gasteiger partial charge in [-0.15, -0.1) is 0 Å². The van der Waals surface area contributed by atoms with Crippen LogP contribution in [0.1, 0.15) is 111 Å². The number of hydrogen-bond acceptors (Lipinski definition) is 2. The molecular weight excluding hydrogens is 284 g/mol. The summed E-state index contributed by atoms with van der Waals surface area (Å²) in [5.41, 5.74) is 0.0200. The van der Waals surface area contributed by atoms with Gasteiger partial charge in [-0.05, 0) is 19.3 Å². The zero-order valence-corrected chi connectivity index (χ0v) is 16.4. The summed E-state index contributed by atoms with van der Waals surface area (Å²) in [5, 5.41) is 9.89. The van der Waals surface area contributed by atoms with E-state index in [0.717, 1.165) is 26.1 Å². The van der Waals surface area contributed by atoms with Crippen LogP contribution in [0.4, 0.5) is 0 Å².